The average molecular weight is 365 g/mol. The Kier molecular flexibility index (Phi) is 5.11. The highest BCUT2D eigenvalue weighted by Crippen LogP contribution is 2.12. The highest BCUT2D eigenvalue weighted by molar-refractivity contribution is 7.91. The first-order valence-electron chi connectivity index (χ1n) is 6.93. The number of amides is 1. The first-order valence-corrected chi connectivity index (χ1v) is 10.4. The summed E-state index contributed by atoms with van der Waals surface area (Å²) in [5.74, 6) is -0.468. The van der Waals surface area contributed by atoms with Gasteiger partial charge in [0.2, 0.25) is 15.9 Å². The largest absolute Gasteiger partial charge is 0.361 e. The van der Waals surface area contributed by atoms with Gasteiger partial charge in [0.1, 0.15) is 17.2 Å². The Bertz CT molecular complexity index is 783. The third-order valence-corrected chi connectivity index (χ3v) is 6.95. The SMILES string of the molecule is Cc1cc(CS(=O)(=O)N(C)CC(=O)NC2CCS(=O)(=O)C2)no1. The fraction of sp³-hybridized carbons (Fsp3) is 0.667. The number of rotatable bonds is 6. The van der Waals surface area contributed by atoms with E-state index in [0.717, 1.165) is 4.31 Å². The lowest BCUT2D eigenvalue weighted by molar-refractivity contribution is -0.121. The molecule has 0 aromatic carbocycles. The molecule has 0 bridgehead atoms. The molecule has 1 N–H and O–H groups in total. The van der Waals surface area contributed by atoms with E-state index in [1.165, 1.54) is 13.1 Å². The number of carbonyl (C=O) groups is 1. The highest BCUT2D eigenvalue weighted by atomic mass is 32.2. The second-order valence-electron chi connectivity index (χ2n) is 5.61. The Morgan fingerprint density at radius 3 is 2.74 bits per heavy atom. The molecule has 0 radical (unpaired) electrons. The zero-order valence-corrected chi connectivity index (χ0v) is 14.5. The molecule has 0 spiro atoms. The number of sulfonamides is 1. The molecule has 1 saturated heterocycles. The quantitative estimate of drug-likeness (QED) is 0.688. The molecule has 1 aliphatic rings. The van der Waals surface area contributed by atoms with E-state index in [-0.39, 0.29) is 29.5 Å². The van der Waals surface area contributed by atoms with Crippen LogP contribution in [0, 0.1) is 6.92 Å². The van der Waals surface area contributed by atoms with Crippen molar-refractivity contribution in [1.82, 2.24) is 14.8 Å². The normalized spacial score (nSPS) is 20.7. The monoisotopic (exact) mass is 365 g/mol. The molecule has 2 rings (SSSR count). The van der Waals surface area contributed by atoms with E-state index in [9.17, 15) is 21.6 Å². The maximum absolute atomic E-state index is 12.2. The predicted molar refractivity (Wildman–Crippen MR) is 81.7 cm³/mol. The molecule has 1 atom stereocenters. The Hall–Kier alpha value is -1.46. The van der Waals surface area contributed by atoms with E-state index in [4.69, 9.17) is 4.52 Å². The molecule has 1 unspecified atom stereocenters. The van der Waals surface area contributed by atoms with Crippen molar-refractivity contribution in [3.8, 4) is 0 Å². The minimum Gasteiger partial charge on any atom is -0.361 e. The molecule has 1 amide bonds. The Balaban J connectivity index is 1.89. The summed E-state index contributed by atoms with van der Waals surface area (Å²) in [5.41, 5.74) is 0.261. The van der Waals surface area contributed by atoms with Crippen LogP contribution in [0.15, 0.2) is 10.6 Å². The molecule has 1 aliphatic heterocycles. The van der Waals surface area contributed by atoms with Crippen LogP contribution < -0.4 is 5.32 Å². The Labute approximate surface area is 135 Å². The zero-order chi connectivity index (χ0) is 17.3. The smallest absolute Gasteiger partial charge is 0.235 e. The van der Waals surface area contributed by atoms with Crippen LogP contribution in [0.2, 0.25) is 0 Å². The van der Waals surface area contributed by atoms with Crippen molar-refractivity contribution >= 4 is 25.8 Å². The lowest BCUT2D eigenvalue weighted by Gasteiger charge is -2.17. The fourth-order valence-corrected chi connectivity index (χ4v) is 4.98. The molecular weight excluding hydrogens is 346 g/mol. The summed E-state index contributed by atoms with van der Waals surface area (Å²) in [4.78, 5) is 11.9. The standard InChI is InChI=1S/C12H19N3O6S2/c1-9-5-11(14-21-9)8-23(19,20)15(2)6-12(16)13-10-3-4-22(17,18)7-10/h5,10H,3-4,6-8H2,1-2H3,(H,13,16). The number of sulfone groups is 1. The van der Waals surface area contributed by atoms with E-state index in [2.05, 4.69) is 10.5 Å². The van der Waals surface area contributed by atoms with Gasteiger partial charge >= 0.3 is 0 Å². The van der Waals surface area contributed by atoms with Gasteiger partial charge < -0.3 is 9.84 Å². The molecule has 0 saturated carbocycles. The molecule has 1 fully saturated rings. The molecule has 23 heavy (non-hydrogen) atoms. The lowest BCUT2D eigenvalue weighted by atomic mass is 10.2. The van der Waals surface area contributed by atoms with Crippen molar-refractivity contribution < 1.29 is 26.2 Å². The first-order chi connectivity index (χ1) is 10.6. The third-order valence-electron chi connectivity index (χ3n) is 3.45. The molecule has 1 aromatic rings. The van der Waals surface area contributed by atoms with Gasteiger partial charge in [-0.3, -0.25) is 4.79 Å². The Morgan fingerprint density at radius 2 is 2.22 bits per heavy atom. The number of nitrogens with one attached hydrogen (secondary N) is 1. The van der Waals surface area contributed by atoms with Gasteiger partial charge in [0.05, 0.1) is 18.1 Å². The summed E-state index contributed by atoms with van der Waals surface area (Å²) in [6, 6.07) is 1.05. The van der Waals surface area contributed by atoms with Crippen LogP contribution in [0.1, 0.15) is 17.9 Å². The van der Waals surface area contributed by atoms with Crippen molar-refractivity contribution in [1.29, 1.82) is 0 Å². The number of carbonyl (C=O) groups excluding carboxylic acids is 1. The summed E-state index contributed by atoms with van der Waals surface area (Å²) < 4.78 is 52.7. The first kappa shape index (κ1) is 17.9. The van der Waals surface area contributed by atoms with Crippen LogP contribution in [0.5, 0.6) is 0 Å². The van der Waals surface area contributed by atoms with Crippen LogP contribution in [-0.2, 0) is 30.4 Å². The van der Waals surface area contributed by atoms with Gasteiger partial charge in [-0.25, -0.2) is 16.8 Å². The lowest BCUT2D eigenvalue weighted by Crippen LogP contribution is -2.43. The van der Waals surface area contributed by atoms with E-state index in [1.807, 2.05) is 0 Å². The van der Waals surface area contributed by atoms with Crippen molar-refractivity contribution in [3.05, 3.63) is 17.5 Å². The summed E-state index contributed by atoms with van der Waals surface area (Å²) >= 11 is 0. The molecule has 2 heterocycles. The Morgan fingerprint density at radius 1 is 1.52 bits per heavy atom. The summed E-state index contributed by atoms with van der Waals surface area (Å²) in [6.45, 7) is 1.27. The van der Waals surface area contributed by atoms with Crippen molar-refractivity contribution in [3.63, 3.8) is 0 Å². The number of nitrogens with zero attached hydrogens (tertiary/aromatic N) is 2. The second-order valence-corrected chi connectivity index (χ2v) is 9.91. The average Bonchev–Trinajstić information content (AvgIpc) is 2.94. The second kappa shape index (κ2) is 6.57. The van der Waals surface area contributed by atoms with Crippen molar-refractivity contribution in [2.45, 2.75) is 25.1 Å². The molecule has 130 valence electrons. The molecule has 9 nitrogen and oxygen atoms in total. The van der Waals surface area contributed by atoms with E-state index < -0.39 is 31.8 Å². The van der Waals surface area contributed by atoms with Crippen molar-refractivity contribution in [2.75, 3.05) is 25.1 Å². The minimum atomic E-state index is -3.72. The van der Waals surface area contributed by atoms with Gasteiger partial charge in [0.25, 0.3) is 0 Å². The fourth-order valence-electron chi connectivity index (χ4n) is 2.27. The van der Waals surface area contributed by atoms with E-state index >= 15 is 0 Å². The minimum absolute atomic E-state index is 0.0393. The summed E-state index contributed by atoms with van der Waals surface area (Å²) in [6.07, 6.45) is 0.350. The van der Waals surface area contributed by atoms with Gasteiger partial charge in [0.15, 0.2) is 9.84 Å². The summed E-state index contributed by atoms with van der Waals surface area (Å²) in [7, 11) is -5.54. The van der Waals surface area contributed by atoms with Gasteiger partial charge in [0, 0.05) is 19.2 Å². The van der Waals surface area contributed by atoms with Crippen LogP contribution in [0.3, 0.4) is 0 Å². The van der Waals surface area contributed by atoms with Gasteiger partial charge in [-0.15, -0.1) is 0 Å². The van der Waals surface area contributed by atoms with Crippen LogP contribution in [-0.4, -0.2) is 63.3 Å². The number of aromatic nitrogens is 1. The van der Waals surface area contributed by atoms with Gasteiger partial charge in [-0.2, -0.15) is 4.31 Å². The topological polar surface area (TPSA) is 127 Å². The van der Waals surface area contributed by atoms with E-state index in [0.29, 0.717) is 12.2 Å². The maximum Gasteiger partial charge on any atom is 0.235 e. The number of hydrogen-bond donors (Lipinski definition) is 1. The summed E-state index contributed by atoms with van der Waals surface area (Å²) in [5, 5.41) is 6.16. The maximum atomic E-state index is 12.2. The molecular formula is C12H19N3O6S2. The zero-order valence-electron chi connectivity index (χ0n) is 12.9. The van der Waals surface area contributed by atoms with Gasteiger partial charge in [-0.05, 0) is 13.3 Å². The number of hydrogen-bond acceptors (Lipinski definition) is 7. The van der Waals surface area contributed by atoms with Crippen LogP contribution in [0.4, 0.5) is 0 Å². The molecule has 0 aliphatic carbocycles. The molecule has 11 heteroatoms. The van der Waals surface area contributed by atoms with Gasteiger partial charge in [-0.1, -0.05) is 5.16 Å². The highest BCUT2D eigenvalue weighted by Gasteiger charge is 2.30. The third kappa shape index (κ3) is 5.01. The van der Waals surface area contributed by atoms with Crippen LogP contribution in [0.25, 0.3) is 0 Å². The number of aryl methyl sites for hydroxylation is 1. The number of likely N-dealkylation sites (N-methyl/N-ethyl adjacent to an activating group) is 1. The molecule has 1 aromatic heterocycles. The van der Waals surface area contributed by atoms with E-state index in [1.54, 1.807) is 6.92 Å². The van der Waals surface area contributed by atoms with Crippen molar-refractivity contribution in [2.24, 2.45) is 0 Å². The van der Waals surface area contributed by atoms with Crippen LogP contribution >= 0.6 is 0 Å². The predicted octanol–water partition coefficient (Wildman–Crippen LogP) is -0.952.